The molecule has 0 aromatic heterocycles. The summed E-state index contributed by atoms with van der Waals surface area (Å²) in [6.45, 7) is 11.3. The Morgan fingerprint density at radius 3 is 2.30 bits per heavy atom. The van der Waals surface area contributed by atoms with Gasteiger partial charge in [0.25, 0.3) is 0 Å². The largest absolute Gasteiger partial charge is 0.364 e. The maximum Gasteiger partial charge on any atom is 0.0732 e. The van der Waals surface area contributed by atoms with Crippen LogP contribution in [-0.4, -0.2) is 7.05 Å². The molecular formula is C29H33N. The van der Waals surface area contributed by atoms with Crippen molar-refractivity contribution in [3.8, 4) is 11.1 Å². The maximum absolute atomic E-state index is 2.51. The molecule has 0 bridgehead atoms. The van der Waals surface area contributed by atoms with Gasteiger partial charge in [0.05, 0.1) is 6.04 Å². The third kappa shape index (κ3) is 3.81. The predicted octanol–water partition coefficient (Wildman–Crippen LogP) is 7.90. The smallest absolute Gasteiger partial charge is 0.0732 e. The first-order chi connectivity index (χ1) is 14.3. The Bertz CT molecular complexity index is 1090. The molecule has 1 nitrogen and oxygen atoms in total. The average molecular weight is 396 g/mol. The van der Waals surface area contributed by atoms with E-state index < -0.39 is 0 Å². The van der Waals surface area contributed by atoms with Crippen LogP contribution in [-0.2, 0) is 0 Å². The van der Waals surface area contributed by atoms with E-state index in [1.165, 1.54) is 50.2 Å². The lowest BCUT2D eigenvalue weighted by Gasteiger charge is -2.37. The van der Waals surface area contributed by atoms with Crippen LogP contribution in [0.5, 0.6) is 0 Å². The number of nitrogens with zero attached hydrogens (tertiary/aromatic N) is 1. The Morgan fingerprint density at radius 2 is 1.60 bits per heavy atom. The molecule has 0 saturated carbocycles. The van der Waals surface area contributed by atoms with E-state index in [0.29, 0.717) is 5.92 Å². The average Bonchev–Trinajstić information content (AvgIpc) is 2.73. The van der Waals surface area contributed by atoms with Gasteiger partial charge < -0.3 is 4.90 Å². The number of fused-ring (bicyclic) bond motifs is 1. The summed E-state index contributed by atoms with van der Waals surface area (Å²) in [6, 6.07) is 22.6. The van der Waals surface area contributed by atoms with Crippen LogP contribution in [0.3, 0.4) is 0 Å². The zero-order valence-corrected chi connectivity index (χ0v) is 19.2. The Balaban J connectivity index is 1.86. The first-order valence-electron chi connectivity index (χ1n) is 11.1. The normalized spacial score (nSPS) is 15.9. The summed E-state index contributed by atoms with van der Waals surface area (Å²) in [5, 5.41) is 0. The summed E-state index contributed by atoms with van der Waals surface area (Å²) in [7, 11) is 2.24. The minimum absolute atomic E-state index is 0.271. The maximum atomic E-state index is 2.51. The van der Waals surface area contributed by atoms with Crippen LogP contribution in [0.1, 0.15) is 54.1 Å². The first-order valence-corrected chi connectivity index (χ1v) is 11.1. The molecule has 0 fully saturated rings. The molecule has 0 saturated heterocycles. The Morgan fingerprint density at radius 1 is 0.867 bits per heavy atom. The lowest BCUT2D eigenvalue weighted by atomic mass is 9.84. The number of anilines is 1. The summed E-state index contributed by atoms with van der Waals surface area (Å²) < 4.78 is 0. The molecule has 1 aliphatic heterocycles. The molecule has 1 heterocycles. The van der Waals surface area contributed by atoms with Gasteiger partial charge in [0.2, 0.25) is 0 Å². The quantitative estimate of drug-likeness (QED) is 0.434. The Kier molecular flexibility index (Phi) is 5.56. The summed E-state index contributed by atoms with van der Waals surface area (Å²) in [6.07, 6.45) is 3.61. The fourth-order valence-electron chi connectivity index (χ4n) is 4.75. The second kappa shape index (κ2) is 8.14. The van der Waals surface area contributed by atoms with E-state index in [2.05, 4.69) is 113 Å². The highest BCUT2D eigenvalue weighted by molar-refractivity contribution is 5.85. The molecule has 4 rings (SSSR count). The minimum atomic E-state index is 0.271. The molecule has 3 aromatic rings. The molecule has 0 N–H and O–H groups in total. The third-order valence-corrected chi connectivity index (χ3v) is 6.40. The molecule has 0 aliphatic carbocycles. The molecule has 0 radical (unpaired) electrons. The van der Waals surface area contributed by atoms with Gasteiger partial charge in [-0.15, -0.1) is 0 Å². The van der Waals surface area contributed by atoms with Crippen molar-refractivity contribution in [2.45, 2.75) is 47.1 Å². The van der Waals surface area contributed by atoms with Crippen molar-refractivity contribution in [2.24, 2.45) is 5.92 Å². The van der Waals surface area contributed by atoms with Gasteiger partial charge in [-0.05, 0) is 78.6 Å². The van der Waals surface area contributed by atoms with Gasteiger partial charge in [-0.1, -0.05) is 74.0 Å². The molecule has 3 aromatic carbocycles. The molecule has 1 heteroatoms. The summed E-state index contributed by atoms with van der Waals surface area (Å²) in [5.74, 6) is 0.619. The van der Waals surface area contributed by atoms with Gasteiger partial charge in [0.1, 0.15) is 0 Å². The predicted molar refractivity (Wildman–Crippen MR) is 131 cm³/mol. The standard InChI is InChI=1S/C29H33N/c1-19(2)14-25-18-29(26-16-20(3)15-21(4)22(26)5)30(6)28-13-12-24(17-27(25)28)23-10-8-7-9-11-23/h7-13,15-19,29H,14H2,1-6H3. The van der Waals surface area contributed by atoms with Gasteiger partial charge in [-0.2, -0.15) is 0 Å². The summed E-state index contributed by atoms with van der Waals surface area (Å²) >= 11 is 0. The van der Waals surface area contributed by atoms with Crippen LogP contribution in [0.2, 0.25) is 0 Å². The number of aryl methyl sites for hydroxylation is 2. The number of likely N-dealkylation sites (N-methyl/N-ethyl adjacent to an activating group) is 1. The fourth-order valence-corrected chi connectivity index (χ4v) is 4.75. The van der Waals surface area contributed by atoms with Crippen LogP contribution in [0, 0.1) is 26.7 Å². The van der Waals surface area contributed by atoms with E-state index in [4.69, 9.17) is 0 Å². The van der Waals surface area contributed by atoms with E-state index in [1.807, 2.05) is 0 Å². The number of hydrogen-bond acceptors (Lipinski definition) is 1. The number of allylic oxidation sites excluding steroid dienone is 1. The van der Waals surface area contributed by atoms with Gasteiger partial charge in [0.15, 0.2) is 0 Å². The zero-order chi connectivity index (χ0) is 21.4. The van der Waals surface area contributed by atoms with Gasteiger partial charge in [0, 0.05) is 18.3 Å². The van der Waals surface area contributed by atoms with Crippen LogP contribution >= 0.6 is 0 Å². The number of benzene rings is 3. The first kappa shape index (κ1) is 20.5. The van der Waals surface area contributed by atoms with Crippen molar-refractivity contribution in [3.05, 3.63) is 94.6 Å². The second-order valence-corrected chi connectivity index (χ2v) is 9.24. The van der Waals surface area contributed by atoms with E-state index in [1.54, 1.807) is 0 Å². The molecule has 0 amide bonds. The van der Waals surface area contributed by atoms with Crippen LogP contribution in [0.4, 0.5) is 5.69 Å². The van der Waals surface area contributed by atoms with Crippen molar-refractivity contribution in [1.29, 1.82) is 0 Å². The molecular weight excluding hydrogens is 362 g/mol. The van der Waals surface area contributed by atoms with Crippen molar-refractivity contribution in [3.63, 3.8) is 0 Å². The SMILES string of the molecule is Cc1cc(C)c(C)c(C2C=C(CC(C)C)c3cc(-c4ccccc4)ccc3N2C)c1. The third-order valence-electron chi connectivity index (χ3n) is 6.40. The molecule has 1 unspecified atom stereocenters. The fraction of sp³-hybridized carbons (Fsp3) is 0.310. The lowest BCUT2D eigenvalue weighted by Crippen LogP contribution is -2.28. The van der Waals surface area contributed by atoms with E-state index in [9.17, 15) is 0 Å². The molecule has 1 atom stereocenters. The van der Waals surface area contributed by atoms with Crippen LogP contribution in [0.25, 0.3) is 16.7 Å². The zero-order valence-electron chi connectivity index (χ0n) is 19.2. The Labute approximate surface area is 182 Å². The highest BCUT2D eigenvalue weighted by atomic mass is 15.1. The highest BCUT2D eigenvalue weighted by Crippen LogP contribution is 2.44. The van der Waals surface area contributed by atoms with Crippen molar-refractivity contribution in [1.82, 2.24) is 0 Å². The van der Waals surface area contributed by atoms with Gasteiger partial charge in [-0.3, -0.25) is 0 Å². The monoisotopic (exact) mass is 395 g/mol. The van der Waals surface area contributed by atoms with Crippen LogP contribution in [0.15, 0.2) is 66.7 Å². The van der Waals surface area contributed by atoms with Gasteiger partial charge >= 0.3 is 0 Å². The van der Waals surface area contributed by atoms with Crippen LogP contribution < -0.4 is 4.90 Å². The minimum Gasteiger partial charge on any atom is -0.364 e. The van der Waals surface area contributed by atoms with Gasteiger partial charge in [-0.25, -0.2) is 0 Å². The van der Waals surface area contributed by atoms with Crippen molar-refractivity contribution >= 4 is 11.3 Å². The summed E-state index contributed by atoms with van der Waals surface area (Å²) in [4.78, 5) is 2.45. The lowest BCUT2D eigenvalue weighted by molar-refractivity contribution is 0.666. The van der Waals surface area contributed by atoms with Crippen molar-refractivity contribution in [2.75, 3.05) is 11.9 Å². The molecule has 30 heavy (non-hydrogen) atoms. The number of rotatable bonds is 4. The second-order valence-electron chi connectivity index (χ2n) is 9.24. The molecule has 154 valence electrons. The Hall–Kier alpha value is -2.80. The topological polar surface area (TPSA) is 3.24 Å². The van der Waals surface area contributed by atoms with Crippen molar-refractivity contribution < 1.29 is 0 Å². The highest BCUT2D eigenvalue weighted by Gasteiger charge is 2.27. The van der Waals surface area contributed by atoms with E-state index in [-0.39, 0.29) is 6.04 Å². The van der Waals surface area contributed by atoms with E-state index >= 15 is 0 Å². The number of hydrogen-bond donors (Lipinski definition) is 0. The van der Waals surface area contributed by atoms with E-state index in [0.717, 1.165) is 6.42 Å². The summed E-state index contributed by atoms with van der Waals surface area (Å²) in [5.41, 5.74) is 12.3. The molecule has 0 spiro atoms. The molecule has 1 aliphatic rings.